The molecule has 1 aromatic heterocycles. The summed E-state index contributed by atoms with van der Waals surface area (Å²) in [7, 11) is 0. The number of rotatable bonds is 3. The van der Waals surface area contributed by atoms with E-state index in [0.717, 1.165) is 12.8 Å². The molecule has 0 bridgehead atoms. The molecule has 1 aliphatic rings. The summed E-state index contributed by atoms with van der Waals surface area (Å²) in [5.41, 5.74) is -1.49. The molecule has 0 saturated heterocycles. The number of esters is 1. The normalized spacial score (nSPS) is 21.5. The molecule has 118 valence electrons. The highest BCUT2D eigenvalue weighted by molar-refractivity contribution is 5.87. The molecule has 4 nitrogen and oxygen atoms in total. The van der Waals surface area contributed by atoms with Crippen LogP contribution in [0.15, 0.2) is 4.42 Å². The fraction of sp³-hybridized carbons (Fsp3) is 0.714. The minimum Gasteiger partial charge on any atom is -0.460 e. The second kappa shape index (κ2) is 5.35. The van der Waals surface area contributed by atoms with Crippen LogP contribution < -0.4 is 0 Å². The lowest BCUT2D eigenvalue weighted by atomic mass is 9.82. The van der Waals surface area contributed by atoms with Gasteiger partial charge in [0.25, 0.3) is 0 Å². The maximum absolute atomic E-state index is 13.0. The summed E-state index contributed by atoms with van der Waals surface area (Å²) in [5, 5.41) is 0. The van der Waals surface area contributed by atoms with Crippen LogP contribution in [0.1, 0.15) is 68.1 Å². The summed E-state index contributed by atoms with van der Waals surface area (Å²) >= 11 is 0. The lowest BCUT2D eigenvalue weighted by molar-refractivity contribution is -0.141. The van der Waals surface area contributed by atoms with Crippen molar-refractivity contribution in [2.75, 3.05) is 6.61 Å². The van der Waals surface area contributed by atoms with Crippen molar-refractivity contribution >= 4 is 5.97 Å². The average Bonchev–Trinajstić information content (AvgIpc) is 2.91. The largest absolute Gasteiger partial charge is 0.460 e. The molecule has 0 radical (unpaired) electrons. The molecule has 0 aromatic carbocycles. The zero-order chi connectivity index (χ0) is 15.8. The molecule has 7 heteroatoms. The molecule has 1 aliphatic carbocycles. The molecule has 1 fully saturated rings. The first kappa shape index (κ1) is 15.9. The Hall–Kier alpha value is -1.53. The van der Waals surface area contributed by atoms with E-state index in [9.17, 15) is 18.0 Å². The molecule has 1 aromatic rings. The summed E-state index contributed by atoms with van der Waals surface area (Å²) in [4.78, 5) is 15.2. The van der Waals surface area contributed by atoms with Gasteiger partial charge >= 0.3 is 12.1 Å². The molecule has 1 atom stereocenters. The van der Waals surface area contributed by atoms with Gasteiger partial charge in [-0.25, -0.2) is 9.78 Å². The fourth-order valence-corrected chi connectivity index (χ4v) is 2.80. The minimum absolute atomic E-state index is 0.0205. The molecule has 21 heavy (non-hydrogen) atoms. The highest BCUT2D eigenvalue weighted by Gasteiger charge is 2.45. The van der Waals surface area contributed by atoms with Crippen LogP contribution in [0.3, 0.4) is 0 Å². The Balaban J connectivity index is 2.44. The summed E-state index contributed by atoms with van der Waals surface area (Å²) in [6, 6.07) is 0. The number of carbonyl (C=O) groups is 1. The monoisotopic (exact) mass is 305 g/mol. The van der Waals surface area contributed by atoms with E-state index in [4.69, 9.17) is 4.42 Å². The first-order valence-electron chi connectivity index (χ1n) is 6.92. The number of carbonyl (C=O) groups excluding carboxylic acids is 1. The van der Waals surface area contributed by atoms with Crippen molar-refractivity contribution in [2.24, 2.45) is 5.41 Å². The second-order valence-corrected chi connectivity index (χ2v) is 5.88. The Morgan fingerprint density at radius 2 is 2.14 bits per heavy atom. The highest BCUT2D eigenvalue weighted by atomic mass is 19.4. The van der Waals surface area contributed by atoms with Crippen LogP contribution in [0.5, 0.6) is 0 Å². The average molecular weight is 305 g/mol. The lowest BCUT2D eigenvalue weighted by Gasteiger charge is -2.23. The number of aromatic nitrogens is 1. The third-order valence-corrected chi connectivity index (χ3v) is 3.93. The number of nitrogens with zero attached hydrogens (tertiary/aromatic N) is 1. The van der Waals surface area contributed by atoms with Crippen LogP contribution in [0.25, 0.3) is 0 Å². The van der Waals surface area contributed by atoms with E-state index in [1.807, 2.05) is 13.8 Å². The first-order valence-corrected chi connectivity index (χ1v) is 6.92. The van der Waals surface area contributed by atoms with Crippen LogP contribution in [-0.4, -0.2) is 17.6 Å². The van der Waals surface area contributed by atoms with E-state index in [2.05, 4.69) is 9.72 Å². The number of alkyl halides is 3. The van der Waals surface area contributed by atoms with Gasteiger partial charge < -0.3 is 9.15 Å². The van der Waals surface area contributed by atoms with E-state index in [0.29, 0.717) is 6.42 Å². The van der Waals surface area contributed by atoms with Crippen molar-refractivity contribution in [3.8, 4) is 0 Å². The van der Waals surface area contributed by atoms with Gasteiger partial charge in [-0.2, -0.15) is 13.2 Å². The Labute approximate surface area is 120 Å². The maximum atomic E-state index is 13.0. The molecular weight excluding hydrogens is 287 g/mol. The molecular formula is C14H18F3NO3. The number of oxazole rings is 1. The van der Waals surface area contributed by atoms with Crippen LogP contribution in [-0.2, 0) is 10.9 Å². The third kappa shape index (κ3) is 3.06. The first-order chi connectivity index (χ1) is 9.66. The highest BCUT2D eigenvalue weighted by Crippen LogP contribution is 2.49. The smallest absolute Gasteiger partial charge is 0.437 e. The minimum atomic E-state index is -4.74. The lowest BCUT2D eigenvalue weighted by Crippen LogP contribution is -2.16. The van der Waals surface area contributed by atoms with Crippen LogP contribution in [0.2, 0.25) is 0 Å². The molecule has 0 spiro atoms. The van der Waals surface area contributed by atoms with Gasteiger partial charge in [0.1, 0.15) is 0 Å². The van der Waals surface area contributed by atoms with Gasteiger partial charge in [0.15, 0.2) is 11.6 Å². The summed E-state index contributed by atoms with van der Waals surface area (Å²) in [6.45, 7) is 5.42. The second-order valence-electron chi connectivity index (χ2n) is 5.88. The zero-order valence-electron chi connectivity index (χ0n) is 12.2. The fourth-order valence-electron chi connectivity index (χ4n) is 2.80. The summed E-state index contributed by atoms with van der Waals surface area (Å²) in [6.07, 6.45) is -2.26. The van der Waals surface area contributed by atoms with E-state index >= 15 is 0 Å². The van der Waals surface area contributed by atoms with E-state index in [1.165, 1.54) is 6.92 Å². The standard InChI is InChI=1S/C14H18F3NO3/c1-4-20-12(19)9-10(14(15,16)17)18-11(21-9)8-6-5-7-13(8,2)3/h8H,4-7H2,1-3H3. The molecule has 0 N–H and O–H groups in total. The van der Waals surface area contributed by atoms with Gasteiger partial charge in [-0.05, 0) is 25.2 Å². The summed E-state index contributed by atoms with van der Waals surface area (Å²) < 4.78 is 48.8. The quantitative estimate of drug-likeness (QED) is 0.787. The number of ether oxygens (including phenoxy) is 1. The van der Waals surface area contributed by atoms with Crippen molar-refractivity contribution in [3.05, 3.63) is 17.3 Å². The topological polar surface area (TPSA) is 52.3 Å². The van der Waals surface area contributed by atoms with Gasteiger partial charge in [0.05, 0.1) is 6.61 Å². The third-order valence-electron chi connectivity index (χ3n) is 3.93. The van der Waals surface area contributed by atoms with Crippen LogP contribution in [0.4, 0.5) is 13.2 Å². The molecule has 2 rings (SSSR count). The van der Waals surface area contributed by atoms with Gasteiger partial charge in [-0.3, -0.25) is 0 Å². The van der Waals surface area contributed by atoms with E-state index in [1.54, 1.807) is 0 Å². The molecule has 0 amide bonds. The zero-order valence-corrected chi connectivity index (χ0v) is 12.2. The van der Waals surface area contributed by atoms with Crippen LogP contribution >= 0.6 is 0 Å². The van der Waals surface area contributed by atoms with Crippen LogP contribution in [0, 0.1) is 5.41 Å². The van der Waals surface area contributed by atoms with Gasteiger partial charge in [0.2, 0.25) is 5.76 Å². The van der Waals surface area contributed by atoms with E-state index in [-0.39, 0.29) is 23.8 Å². The van der Waals surface area contributed by atoms with Crippen molar-refractivity contribution in [1.82, 2.24) is 4.98 Å². The number of hydrogen-bond acceptors (Lipinski definition) is 4. The Morgan fingerprint density at radius 3 is 2.62 bits per heavy atom. The predicted molar refractivity (Wildman–Crippen MR) is 67.8 cm³/mol. The number of halogens is 3. The van der Waals surface area contributed by atoms with Crippen molar-refractivity contribution < 1.29 is 27.1 Å². The molecule has 1 unspecified atom stereocenters. The van der Waals surface area contributed by atoms with Crippen molar-refractivity contribution in [2.45, 2.75) is 52.1 Å². The summed E-state index contributed by atoms with van der Waals surface area (Å²) in [5.74, 6) is -2.21. The Bertz CT molecular complexity index is 534. The molecule has 1 saturated carbocycles. The van der Waals surface area contributed by atoms with Gasteiger partial charge in [-0.15, -0.1) is 0 Å². The van der Waals surface area contributed by atoms with Gasteiger partial charge in [-0.1, -0.05) is 20.3 Å². The van der Waals surface area contributed by atoms with Crippen molar-refractivity contribution in [3.63, 3.8) is 0 Å². The van der Waals surface area contributed by atoms with Gasteiger partial charge in [0, 0.05) is 5.92 Å². The SMILES string of the molecule is CCOC(=O)c1oc(C2CCCC2(C)C)nc1C(F)(F)F. The van der Waals surface area contributed by atoms with Crippen molar-refractivity contribution in [1.29, 1.82) is 0 Å². The number of hydrogen-bond donors (Lipinski definition) is 0. The molecule has 1 heterocycles. The maximum Gasteiger partial charge on any atom is 0.437 e. The predicted octanol–water partition coefficient (Wildman–Crippen LogP) is 4.16. The molecule has 0 aliphatic heterocycles. The Kier molecular flexibility index (Phi) is 4.04. The Morgan fingerprint density at radius 1 is 1.48 bits per heavy atom. The van der Waals surface area contributed by atoms with E-state index < -0.39 is 23.6 Å².